The average Bonchev–Trinajstić information content (AvgIpc) is 3.40. The van der Waals surface area contributed by atoms with Crippen LogP contribution in [-0.4, -0.2) is 54.6 Å². The van der Waals surface area contributed by atoms with E-state index in [1.165, 1.54) is 12.8 Å². The summed E-state index contributed by atoms with van der Waals surface area (Å²) in [6.07, 6.45) is 5.74. The Balaban J connectivity index is 1.90. The normalized spacial score (nSPS) is 14.1. The van der Waals surface area contributed by atoms with Crippen molar-refractivity contribution in [2.75, 3.05) is 39.2 Å². The predicted octanol–water partition coefficient (Wildman–Crippen LogP) is 3.87. The van der Waals surface area contributed by atoms with Gasteiger partial charge in [0, 0.05) is 45.0 Å². The molecule has 150 valence electrons. The largest absolute Gasteiger partial charge is 0.497 e. The molecule has 0 bridgehead atoms. The highest BCUT2D eigenvalue weighted by Gasteiger charge is 2.23. The highest BCUT2D eigenvalue weighted by atomic mass is 16.5. The lowest BCUT2D eigenvalue weighted by molar-refractivity contribution is 0.104. The number of nitrogens with zero attached hydrogens (tertiary/aromatic N) is 4. The molecule has 2 aromatic heterocycles. The summed E-state index contributed by atoms with van der Waals surface area (Å²) < 4.78 is 7.20. The number of ether oxygens (including phenoxy) is 1. The zero-order valence-corrected chi connectivity index (χ0v) is 17.1. The van der Waals surface area contributed by atoms with Crippen LogP contribution in [0.5, 0.6) is 5.75 Å². The zero-order chi connectivity index (χ0) is 20.4. The van der Waals surface area contributed by atoms with Crippen molar-refractivity contribution < 1.29 is 9.53 Å². The van der Waals surface area contributed by atoms with Gasteiger partial charge in [-0.1, -0.05) is 6.07 Å². The monoisotopic (exact) mass is 390 g/mol. The fourth-order valence-electron chi connectivity index (χ4n) is 3.74. The first-order valence-corrected chi connectivity index (χ1v) is 9.88. The summed E-state index contributed by atoms with van der Waals surface area (Å²) in [5, 5.41) is 4.90. The molecule has 1 fully saturated rings. The summed E-state index contributed by atoms with van der Waals surface area (Å²) in [4.78, 5) is 17.4. The molecule has 0 unspecified atom stereocenters. The number of hydrogen-bond donors (Lipinski definition) is 0. The number of pyridine rings is 1. The fraction of sp³-hybridized carbons (Fsp3) is 0.304. The van der Waals surface area contributed by atoms with Gasteiger partial charge in [-0.3, -0.25) is 4.79 Å². The first kappa shape index (κ1) is 19.1. The van der Waals surface area contributed by atoms with Crippen LogP contribution in [-0.2, 0) is 0 Å². The number of methoxy groups -OCH3 is 1. The molecule has 3 aromatic rings. The molecule has 0 radical (unpaired) electrons. The maximum absolute atomic E-state index is 13.2. The van der Waals surface area contributed by atoms with Gasteiger partial charge in [0.1, 0.15) is 17.3 Å². The molecule has 0 aliphatic carbocycles. The van der Waals surface area contributed by atoms with E-state index in [0.29, 0.717) is 11.3 Å². The Hall–Kier alpha value is -3.28. The van der Waals surface area contributed by atoms with Crippen molar-refractivity contribution in [3.8, 4) is 17.0 Å². The summed E-state index contributed by atoms with van der Waals surface area (Å²) in [6, 6.07) is 13.7. The minimum Gasteiger partial charge on any atom is -0.497 e. The Bertz CT molecular complexity index is 1040. The van der Waals surface area contributed by atoms with Crippen LogP contribution in [0.25, 0.3) is 16.8 Å². The Morgan fingerprint density at radius 3 is 2.48 bits per heavy atom. The van der Waals surface area contributed by atoms with Gasteiger partial charge in [-0.2, -0.15) is 5.10 Å². The van der Waals surface area contributed by atoms with Crippen molar-refractivity contribution in [2.24, 2.45) is 0 Å². The standard InChI is InChI=1S/C23H26N4O2/c1-25(2)16-13-20(28)22-19-7-6-8-21(26-14-4-5-15-26)27(19)24-23(22)17-9-11-18(29-3)12-10-17/h6-13,16H,4-5,14-15H2,1-3H3/b16-13+. The van der Waals surface area contributed by atoms with E-state index in [4.69, 9.17) is 9.84 Å². The lowest BCUT2D eigenvalue weighted by Gasteiger charge is -2.18. The van der Waals surface area contributed by atoms with Crippen LogP contribution in [0.1, 0.15) is 23.2 Å². The molecule has 0 N–H and O–H groups in total. The van der Waals surface area contributed by atoms with E-state index in [1.54, 1.807) is 19.4 Å². The molecule has 1 aliphatic rings. The molecule has 0 atom stereocenters. The number of ketones is 1. The maximum Gasteiger partial charge on any atom is 0.191 e. The Kier molecular flexibility index (Phi) is 5.25. The van der Waals surface area contributed by atoms with Crippen molar-refractivity contribution in [3.63, 3.8) is 0 Å². The Morgan fingerprint density at radius 2 is 1.83 bits per heavy atom. The van der Waals surface area contributed by atoms with Gasteiger partial charge in [0.25, 0.3) is 0 Å². The molecule has 29 heavy (non-hydrogen) atoms. The molecule has 3 heterocycles. The molecule has 0 saturated carbocycles. The lowest BCUT2D eigenvalue weighted by Crippen LogP contribution is -2.20. The first-order chi connectivity index (χ1) is 14.1. The van der Waals surface area contributed by atoms with Crippen molar-refractivity contribution in [1.29, 1.82) is 0 Å². The Morgan fingerprint density at radius 1 is 1.10 bits per heavy atom. The van der Waals surface area contributed by atoms with E-state index in [2.05, 4.69) is 11.0 Å². The van der Waals surface area contributed by atoms with Crippen LogP contribution < -0.4 is 9.64 Å². The van der Waals surface area contributed by atoms with E-state index in [-0.39, 0.29) is 5.78 Å². The minimum absolute atomic E-state index is 0.0573. The molecule has 0 spiro atoms. The van der Waals surface area contributed by atoms with E-state index in [1.807, 2.05) is 59.9 Å². The molecule has 4 rings (SSSR count). The number of hydrogen-bond acceptors (Lipinski definition) is 5. The highest BCUT2D eigenvalue weighted by Crippen LogP contribution is 2.31. The van der Waals surface area contributed by atoms with Gasteiger partial charge in [-0.05, 0) is 49.2 Å². The number of aromatic nitrogens is 2. The highest BCUT2D eigenvalue weighted by molar-refractivity contribution is 6.13. The second-order valence-corrected chi connectivity index (χ2v) is 7.47. The number of anilines is 1. The summed E-state index contributed by atoms with van der Waals surface area (Å²) in [6.45, 7) is 2.03. The lowest BCUT2D eigenvalue weighted by atomic mass is 10.0. The van der Waals surface area contributed by atoms with Gasteiger partial charge in [0.2, 0.25) is 0 Å². The molecule has 1 aliphatic heterocycles. The van der Waals surface area contributed by atoms with Gasteiger partial charge in [0.15, 0.2) is 5.78 Å². The summed E-state index contributed by atoms with van der Waals surface area (Å²) in [7, 11) is 5.44. The van der Waals surface area contributed by atoms with Gasteiger partial charge in [0.05, 0.1) is 18.2 Å². The molecular weight excluding hydrogens is 364 g/mol. The smallest absolute Gasteiger partial charge is 0.191 e. The van der Waals surface area contributed by atoms with Crippen LogP contribution in [0.4, 0.5) is 5.82 Å². The van der Waals surface area contributed by atoms with E-state index in [9.17, 15) is 4.79 Å². The molecule has 0 amide bonds. The van der Waals surface area contributed by atoms with E-state index < -0.39 is 0 Å². The van der Waals surface area contributed by atoms with Crippen LogP contribution in [0.15, 0.2) is 54.7 Å². The zero-order valence-electron chi connectivity index (χ0n) is 17.1. The topological polar surface area (TPSA) is 50.1 Å². The van der Waals surface area contributed by atoms with Crippen molar-refractivity contribution in [2.45, 2.75) is 12.8 Å². The second kappa shape index (κ2) is 7.99. The van der Waals surface area contributed by atoms with Crippen molar-refractivity contribution in [3.05, 3.63) is 60.3 Å². The second-order valence-electron chi connectivity index (χ2n) is 7.47. The predicted molar refractivity (Wildman–Crippen MR) is 116 cm³/mol. The Labute approximate surface area is 171 Å². The number of carbonyl (C=O) groups is 1. The van der Waals surface area contributed by atoms with Crippen molar-refractivity contribution >= 4 is 17.1 Å². The summed E-state index contributed by atoms with van der Waals surface area (Å²) in [5.74, 6) is 1.75. The summed E-state index contributed by atoms with van der Waals surface area (Å²) in [5.41, 5.74) is 3.03. The third-order valence-corrected chi connectivity index (χ3v) is 5.20. The maximum atomic E-state index is 13.2. The van der Waals surface area contributed by atoms with Crippen molar-refractivity contribution in [1.82, 2.24) is 14.5 Å². The number of fused-ring (bicyclic) bond motifs is 1. The molecule has 6 heteroatoms. The summed E-state index contributed by atoms with van der Waals surface area (Å²) >= 11 is 0. The quantitative estimate of drug-likeness (QED) is 0.472. The van der Waals surface area contributed by atoms with Gasteiger partial charge < -0.3 is 14.5 Å². The molecular formula is C23H26N4O2. The number of rotatable bonds is 6. The van der Waals surface area contributed by atoms with Crippen LogP contribution in [0, 0.1) is 0 Å². The molecule has 1 aromatic carbocycles. The van der Waals surface area contributed by atoms with Gasteiger partial charge >= 0.3 is 0 Å². The van der Waals surface area contributed by atoms with E-state index in [0.717, 1.165) is 35.7 Å². The minimum atomic E-state index is -0.0573. The van der Waals surface area contributed by atoms with Crippen LogP contribution in [0.2, 0.25) is 0 Å². The third kappa shape index (κ3) is 3.70. The number of carbonyl (C=O) groups excluding carboxylic acids is 1. The van der Waals surface area contributed by atoms with Gasteiger partial charge in [-0.25, -0.2) is 4.52 Å². The molecule has 6 nitrogen and oxygen atoms in total. The molecule has 1 saturated heterocycles. The number of allylic oxidation sites excluding steroid dienone is 1. The third-order valence-electron chi connectivity index (χ3n) is 5.20. The fourth-order valence-corrected chi connectivity index (χ4v) is 3.74. The first-order valence-electron chi connectivity index (χ1n) is 9.88. The average molecular weight is 390 g/mol. The van der Waals surface area contributed by atoms with Gasteiger partial charge in [-0.15, -0.1) is 0 Å². The van der Waals surface area contributed by atoms with E-state index >= 15 is 0 Å². The number of benzene rings is 1. The van der Waals surface area contributed by atoms with Crippen LogP contribution in [0.3, 0.4) is 0 Å². The SMILES string of the molecule is COc1ccc(-c2nn3c(N4CCCC4)cccc3c2C(=O)/C=C/N(C)C)cc1. The van der Waals surface area contributed by atoms with Crippen LogP contribution >= 0.6 is 0 Å².